The van der Waals surface area contributed by atoms with Crippen molar-refractivity contribution in [3.8, 4) is 5.75 Å². The van der Waals surface area contributed by atoms with E-state index in [1.54, 1.807) is 17.1 Å². The normalized spacial score (nSPS) is 10.4. The summed E-state index contributed by atoms with van der Waals surface area (Å²) in [5.41, 5.74) is 2.90. The van der Waals surface area contributed by atoms with Gasteiger partial charge < -0.3 is 15.4 Å². The molecular formula is C19H19ClN4OS. The van der Waals surface area contributed by atoms with Crippen molar-refractivity contribution in [2.45, 2.75) is 13.5 Å². The molecule has 1 heterocycles. The molecule has 1 aromatic heterocycles. The van der Waals surface area contributed by atoms with Gasteiger partial charge >= 0.3 is 0 Å². The van der Waals surface area contributed by atoms with Crippen molar-refractivity contribution in [3.05, 3.63) is 71.5 Å². The van der Waals surface area contributed by atoms with E-state index in [1.165, 1.54) is 0 Å². The average Bonchev–Trinajstić information content (AvgIpc) is 3.02. The first-order valence-electron chi connectivity index (χ1n) is 8.20. The molecule has 0 bridgehead atoms. The van der Waals surface area contributed by atoms with Crippen molar-refractivity contribution >= 4 is 40.3 Å². The Morgan fingerprint density at radius 2 is 1.92 bits per heavy atom. The molecule has 0 spiro atoms. The van der Waals surface area contributed by atoms with Gasteiger partial charge in [0, 0.05) is 17.6 Å². The van der Waals surface area contributed by atoms with Crippen molar-refractivity contribution in [1.82, 2.24) is 9.78 Å². The molecule has 0 saturated heterocycles. The predicted octanol–water partition coefficient (Wildman–Crippen LogP) is 4.79. The van der Waals surface area contributed by atoms with Crippen molar-refractivity contribution in [2.24, 2.45) is 0 Å². The van der Waals surface area contributed by atoms with Crippen molar-refractivity contribution in [1.29, 1.82) is 0 Å². The van der Waals surface area contributed by atoms with E-state index in [0.29, 0.717) is 23.3 Å². The number of halogens is 1. The molecule has 0 fully saturated rings. The summed E-state index contributed by atoms with van der Waals surface area (Å²) in [5, 5.41) is 11.7. The Morgan fingerprint density at radius 3 is 2.62 bits per heavy atom. The molecular weight excluding hydrogens is 368 g/mol. The molecule has 0 aliphatic rings. The van der Waals surface area contributed by atoms with Crippen molar-refractivity contribution in [2.75, 3.05) is 17.2 Å². The van der Waals surface area contributed by atoms with E-state index in [9.17, 15) is 0 Å². The van der Waals surface area contributed by atoms with Crippen LogP contribution in [0.2, 0.25) is 5.02 Å². The lowest BCUT2D eigenvalue weighted by Gasteiger charge is -2.12. The second kappa shape index (κ2) is 8.69. The molecule has 0 atom stereocenters. The summed E-state index contributed by atoms with van der Waals surface area (Å²) in [6.45, 7) is 3.25. The fourth-order valence-electron chi connectivity index (χ4n) is 2.45. The Morgan fingerprint density at radius 1 is 1.15 bits per heavy atom. The predicted molar refractivity (Wildman–Crippen MR) is 110 cm³/mol. The highest BCUT2D eigenvalue weighted by Gasteiger charge is 2.03. The maximum absolute atomic E-state index is 5.90. The van der Waals surface area contributed by atoms with Crippen LogP contribution in [0.4, 0.5) is 11.4 Å². The highest BCUT2D eigenvalue weighted by atomic mass is 35.5. The summed E-state index contributed by atoms with van der Waals surface area (Å²) in [6, 6.07) is 15.7. The van der Waals surface area contributed by atoms with Gasteiger partial charge in [-0.3, -0.25) is 4.68 Å². The molecule has 2 aromatic carbocycles. The van der Waals surface area contributed by atoms with E-state index in [2.05, 4.69) is 15.7 Å². The topological polar surface area (TPSA) is 51.1 Å². The van der Waals surface area contributed by atoms with Gasteiger partial charge in [-0.1, -0.05) is 23.7 Å². The van der Waals surface area contributed by atoms with Crippen LogP contribution in [0.5, 0.6) is 5.75 Å². The zero-order valence-electron chi connectivity index (χ0n) is 14.3. The van der Waals surface area contributed by atoms with Crippen molar-refractivity contribution in [3.63, 3.8) is 0 Å². The van der Waals surface area contributed by atoms with Gasteiger partial charge in [0.25, 0.3) is 0 Å². The minimum Gasteiger partial charge on any atom is -0.494 e. The van der Waals surface area contributed by atoms with E-state index < -0.39 is 0 Å². The smallest absolute Gasteiger partial charge is 0.175 e. The largest absolute Gasteiger partial charge is 0.494 e. The maximum Gasteiger partial charge on any atom is 0.175 e. The second-order valence-corrected chi connectivity index (χ2v) is 6.44. The van der Waals surface area contributed by atoms with Crippen LogP contribution in [0, 0.1) is 0 Å². The standard InChI is InChI=1S/C19H19ClN4OS/c1-2-25-18-8-6-16(7-9-18)22-19(26)23-17-5-3-4-14(10-17)12-24-13-15(20)11-21-24/h3-11,13H,2,12H2,1H3,(H2,22,23,26). The second-order valence-electron chi connectivity index (χ2n) is 5.59. The first-order valence-corrected chi connectivity index (χ1v) is 8.99. The summed E-state index contributed by atoms with van der Waals surface area (Å²) in [5.74, 6) is 0.836. The van der Waals surface area contributed by atoms with Crippen LogP contribution < -0.4 is 15.4 Å². The molecule has 5 nitrogen and oxygen atoms in total. The number of thiocarbonyl (C=S) groups is 1. The van der Waals surface area contributed by atoms with E-state index in [4.69, 9.17) is 28.6 Å². The molecule has 7 heteroatoms. The SMILES string of the molecule is CCOc1ccc(NC(=S)Nc2cccc(Cn3cc(Cl)cn3)c2)cc1. The molecule has 3 rings (SSSR count). The van der Waals surface area contributed by atoms with Gasteiger partial charge in [0.05, 0.1) is 24.4 Å². The lowest BCUT2D eigenvalue weighted by molar-refractivity contribution is 0.340. The van der Waals surface area contributed by atoms with Crippen LogP contribution in [0.3, 0.4) is 0 Å². The first-order chi connectivity index (χ1) is 12.6. The molecule has 26 heavy (non-hydrogen) atoms. The molecule has 0 amide bonds. The molecule has 0 saturated carbocycles. The number of rotatable bonds is 6. The number of aromatic nitrogens is 2. The molecule has 0 radical (unpaired) electrons. The molecule has 0 aliphatic carbocycles. The third kappa shape index (κ3) is 5.21. The van der Waals surface area contributed by atoms with E-state index >= 15 is 0 Å². The van der Waals surface area contributed by atoms with Crippen LogP contribution in [-0.2, 0) is 6.54 Å². The zero-order chi connectivity index (χ0) is 18.4. The van der Waals surface area contributed by atoms with Crippen molar-refractivity contribution < 1.29 is 4.74 Å². The third-order valence-electron chi connectivity index (χ3n) is 3.55. The third-order valence-corrected chi connectivity index (χ3v) is 3.95. The molecule has 3 aromatic rings. The number of hydrogen-bond donors (Lipinski definition) is 2. The van der Waals surface area contributed by atoms with Crippen LogP contribution in [0.1, 0.15) is 12.5 Å². The Bertz CT molecular complexity index is 879. The highest BCUT2D eigenvalue weighted by Crippen LogP contribution is 2.17. The van der Waals surface area contributed by atoms with Crippen LogP contribution in [0.25, 0.3) is 0 Å². The zero-order valence-corrected chi connectivity index (χ0v) is 15.8. The average molecular weight is 387 g/mol. The van der Waals surface area contributed by atoms with E-state index in [-0.39, 0.29) is 0 Å². The number of benzene rings is 2. The Hall–Kier alpha value is -2.57. The Kier molecular flexibility index (Phi) is 6.09. The summed E-state index contributed by atoms with van der Waals surface area (Å²) in [6.07, 6.45) is 3.42. The Balaban J connectivity index is 1.59. The van der Waals surface area contributed by atoms with E-state index in [1.807, 2.05) is 55.5 Å². The lowest BCUT2D eigenvalue weighted by atomic mass is 10.2. The lowest BCUT2D eigenvalue weighted by Crippen LogP contribution is -2.19. The van der Waals surface area contributed by atoms with Gasteiger partial charge in [0.15, 0.2) is 5.11 Å². The highest BCUT2D eigenvalue weighted by molar-refractivity contribution is 7.80. The minimum atomic E-state index is 0.522. The van der Waals surface area contributed by atoms with Gasteiger partial charge in [0.1, 0.15) is 5.75 Å². The fraction of sp³-hybridized carbons (Fsp3) is 0.158. The number of nitrogens with one attached hydrogen (secondary N) is 2. The van der Waals surface area contributed by atoms with Crippen LogP contribution in [-0.4, -0.2) is 21.5 Å². The van der Waals surface area contributed by atoms with Crippen LogP contribution >= 0.6 is 23.8 Å². The molecule has 0 unspecified atom stereocenters. The monoisotopic (exact) mass is 386 g/mol. The quantitative estimate of drug-likeness (QED) is 0.596. The van der Waals surface area contributed by atoms with E-state index in [0.717, 1.165) is 22.7 Å². The summed E-state index contributed by atoms with van der Waals surface area (Å²) < 4.78 is 7.22. The van der Waals surface area contributed by atoms with Gasteiger partial charge in [-0.05, 0) is 61.1 Å². The number of ether oxygens (including phenoxy) is 1. The summed E-state index contributed by atoms with van der Waals surface area (Å²) >= 11 is 11.3. The van der Waals surface area contributed by atoms with Crippen LogP contribution in [0.15, 0.2) is 60.9 Å². The first kappa shape index (κ1) is 18.2. The van der Waals surface area contributed by atoms with Gasteiger partial charge in [-0.2, -0.15) is 5.10 Å². The maximum atomic E-state index is 5.90. The summed E-state index contributed by atoms with van der Waals surface area (Å²) in [4.78, 5) is 0. The molecule has 2 N–H and O–H groups in total. The molecule has 0 aliphatic heterocycles. The number of nitrogens with zero attached hydrogens (tertiary/aromatic N) is 2. The Labute approximate surface area is 162 Å². The fourth-order valence-corrected chi connectivity index (χ4v) is 2.85. The summed E-state index contributed by atoms with van der Waals surface area (Å²) in [7, 11) is 0. The number of anilines is 2. The minimum absolute atomic E-state index is 0.522. The van der Waals surface area contributed by atoms with Gasteiger partial charge in [-0.15, -0.1) is 0 Å². The van der Waals surface area contributed by atoms with Gasteiger partial charge in [-0.25, -0.2) is 0 Å². The van der Waals surface area contributed by atoms with Gasteiger partial charge in [0.2, 0.25) is 0 Å². The number of hydrogen-bond acceptors (Lipinski definition) is 3. The molecule has 134 valence electrons.